The van der Waals surface area contributed by atoms with Gasteiger partial charge in [-0.05, 0) is 77.3 Å². The molecule has 17 heavy (non-hydrogen) atoms. The Labute approximate surface area is 128 Å². The average molecular weight is 422 g/mol. The molecule has 4 heteroatoms. The smallest absolute Gasteiger partial charge is 0.0596 e. The lowest BCUT2D eigenvalue weighted by atomic mass is 10.00. The standard InChI is InChI=1S/C13H13BrINS/c1-8-10(5-6-17-8)13(16-2)11-7-9(15)3-4-12(11)14/h3-7,13,16H,1-2H3. The molecule has 1 aromatic carbocycles. The lowest BCUT2D eigenvalue weighted by molar-refractivity contribution is 0.687. The highest BCUT2D eigenvalue weighted by atomic mass is 127. The summed E-state index contributed by atoms with van der Waals surface area (Å²) in [6.07, 6.45) is 0. The van der Waals surface area contributed by atoms with E-state index in [0.717, 1.165) is 4.47 Å². The molecule has 0 aliphatic heterocycles. The summed E-state index contributed by atoms with van der Waals surface area (Å²) in [7, 11) is 2.01. The Morgan fingerprint density at radius 2 is 2.06 bits per heavy atom. The molecule has 0 spiro atoms. The minimum absolute atomic E-state index is 0.255. The molecule has 2 aromatic rings. The van der Waals surface area contributed by atoms with Crippen molar-refractivity contribution in [2.24, 2.45) is 0 Å². The van der Waals surface area contributed by atoms with Crippen molar-refractivity contribution < 1.29 is 0 Å². The van der Waals surface area contributed by atoms with Crippen molar-refractivity contribution in [2.45, 2.75) is 13.0 Å². The Balaban J connectivity index is 2.49. The number of thiophene rings is 1. The molecule has 1 nitrogen and oxygen atoms in total. The molecule has 1 N–H and O–H groups in total. The Hall–Kier alpha value is 0.0900. The van der Waals surface area contributed by atoms with Crippen LogP contribution in [0.4, 0.5) is 0 Å². The summed E-state index contributed by atoms with van der Waals surface area (Å²) in [5.74, 6) is 0. The third-order valence-electron chi connectivity index (χ3n) is 2.77. The van der Waals surface area contributed by atoms with Gasteiger partial charge in [-0.2, -0.15) is 0 Å². The van der Waals surface area contributed by atoms with Gasteiger partial charge in [0.05, 0.1) is 6.04 Å². The topological polar surface area (TPSA) is 12.0 Å². The predicted molar refractivity (Wildman–Crippen MR) is 86.8 cm³/mol. The second-order valence-corrected chi connectivity index (χ2v) is 7.04. The van der Waals surface area contributed by atoms with E-state index in [4.69, 9.17) is 0 Å². The number of hydrogen-bond acceptors (Lipinski definition) is 2. The lowest BCUT2D eigenvalue weighted by Gasteiger charge is -2.18. The molecule has 1 aromatic heterocycles. The van der Waals surface area contributed by atoms with Crippen molar-refractivity contribution in [1.82, 2.24) is 5.32 Å². The first-order chi connectivity index (χ1) is 8.13. The fraction of sp³-hybridized carbons (Fsp3) is 0.231. The summed E-state index contributed by atoms with van der Waals surface area (Å²) in [5, 5.41) is 5.55. The van der Waals surface area contributed by atoms with Gasteiger partial charge in [0, 0.05) is 12.9 Å². The number of nitrogens with one attached hydrogen (secondary N) is 1. The van der Waals surface area contributed by atoms with E-state index in [1.807, 2.05) is 7.05 Å². The van der Waals surface area contributed by atoms with Crippen LogP contribution >= 0.6 is 49.9 Å². The van der Waals surface area contributed by atoms with Crippen molar-refractivity contribution in [3.05, 3.63) is 53.7 Å². The molecule has 0 aliphatic carbocycles. The average Bonchev–Trinajstić information content (AvgIpc) is 2.71. The maximum atomic E-state index is 3.64. The quantitative estimate of drug-likeness (QED) is 0.706. The molecule has 1 heterocycles. The van der Waals surface area contributed by atoms with Gasteiger partial charge in [-0.25, -0.2) is 0 Å². The second-order valence-electron chi connectivity index (χ2n) is 3.82. The molecule has 1 unspecified atom stereocenters. The fourth-order valence-electron chi connectivity index (χ4n) is 1.91. The molecule has 0 fully saturated rings. The van der Waals surface area contributed by atoms with Gasteiger partial charge in [0.2, 0.25) is 0 Å². The Bertz CT molecular complexity index is 524. The zero-order chi connectivity index (χ0) is 12.4. The van der Waals surface area contributed by atoms with E-state index in [1.165, 1.54) is 19.6 Å². The van der Waals surface area contributed by atoms with Crippen LogP contribution in [0.1, 0.15) is 22.0 Å². The zero-order valence-corrected chi connectivity index (χ0v) is 14.2. The van der Waals surface area contributed by atoms with Crippen LogP contribution in [0.25, 0.3) is 0 Å². The third-order valence-corrected chi connectivity index (χ3v) is 5.02. The Morgan fingerprint density at radius 3 is 2.65 bits per heavy atom. The van der Waals surface area contributed by atoms with Gasteiger partial charge < -0.3 is 5.32 Å². The summed E-state index contributed by atoms with van der Waals surface area (Å²) >= 11 is 7.79. The fourth-order valence-corrected chi connectivity index (χ4v) is 3.64. The molecule has 0 radical (unpaired) electrons. The first kappa shape index (κ1) is 13.5. The van der Waals surface area contributed by atoms with Gasteiger partial charge in [0.25, 0.3) is 0 Å². The largest absolute Gasteiger partial charge is 0.309 e. The van der Waals surface area contributed by atoms with Gasteiger partial charge in [-0.1, -0.05) is 15.9 Å². The van der Waals surface area contributed by atoms with E-state index < -0.39 is 0 Å². The molecular weight excluding hydrogens is 409 g/mol. The molecule has 0 amide bonds. The predicted octanol–water partition coefficient (Wildman–Crippen LogP) is 4.73. The summed E-state index contributed by atoms with van der Waals surface area (Å²) < 4.78 is 2.41. The van der Waals surface area contributed by atoms with E-state index >= 15 is 0 Å². The molecule has 0 saturated carbocycles. The van der Waals surface area contributed by atoms with Crippen molar-refractivity contribution in [2.75, 3.05) is 7.05 Å². The van der Waals surface area contributed by atoms with Gasteiger partial charge in [0.15, 0.2) is 0 Å². The van der Waals surface area contributed by atoms with Crippen LogP contribution in [-0.2, 0) is 0 Å². The Morgan fingerprint density at radius 1 is 1.29 bits per heavy atom. The first-order valence-electron chi connectivity index (χ1n) is 5.29. The van der Waals surface area contributed by atoms with Crippen molar-refractivity contribution in [3.63, 3.8) is 0 Å². The van der Waals surface area contributed by atoms with Crippen molar-refractivity contribution in [3.8, 4) is 0 Å². The van der Waals surface area contributed by atoms with E-state index in [-0.39, 0.29) is 6.04 Å². The van der Waals surface area contributed by atoms with E-state index in [9.17, 15) is 0 Å². The summed E-state index contributed by atoms with van der Waals surface area (Å²) in [6, 6.07) is 8.91. The Kier molecular flexibility index (Phi) is 4.63. The maximum Gasteiger partial charge on any atom is 0.0596 e. The van der Waals surface area contributed by atoms with Crippen LogP contribution in [0.5, 0.6) is 0 Å². The lowest BCUT2D eigenvalue weighted by Crippen LogP contribution is -2.18. The molecule has 0 saturated heterocycles. The number of benzene rings is 1. The number of aryl methyl sites for hydroxylation is 1. The molecule has 0 aliphatic rings. The number of hydrogen-bond donors (Lipinski definition) is 1. The van der Waals surface area contributed by atoms with E-state index in [1.54, 1.807) is 11.3 Å². The van der Waals surface area contributed by atoms with E-state index in [0.29, 0.717) is 0 Å². The highest BCUT2D eigenvalue weighted by molar-refractivity contribution is 14.1. The monoisotopic (exact) mass is 421 g/mol. The van der Waals surface area contributed by atoms with Gasteiger partial charge >= 0.3 is 0 Å². The summed E-state index contributed by atoms with van der Waals surface area (Å²) in [4.78, 5) is 1.37. The zero-order valence-electron chi connectivity index (χ0n) is 9.63. The third kappa shape index (κ3) is 2.92. The van der Waals surface area contributed by atoms with Gasteiger partial charge in [-0.15, -0.1) is 11.3 Å². The van der Waals surface area contributed by atoms with Crippen LogP contribution in [0.3, 0.4) is 0 Å². The van der Waals surface area contributed by atoms with E-state index in [2.05, 4.69) is 80.4 Å². The number of rotatable bonds is 3. The van der Waals surface area contributed by atoms with Crippen LogP contribution < -0.4 is 5.32 Å². The van der Waals surface area contributed by atoms with Crippen LogP contribution in [0, 0.1) is 10.5 Å². The number of halogens is 2. The summed E-state index contributed by atoms with van der Waals surface area (Å²) in [6.45, 7) is 2.17. The van der Waals surface area contributed by atoms with Crippen LogP contribution in [0.15, 0.2) is 34.1 Å². The SMILES string of the molecule is CNC(c1cc(I)ccc1Br)c1ccsc1C. The summed E-state index contributed by atoms with van der Waals surface area (Å²) in [5.41, 5.74) is 2.65. The van der Waals surface area contributed by atoms with Crippen molar-refractivity contribution in [1.29, 1.82) is 0 Å². The molecule has 2 rings (SSSR count). The van der Waals surface area contributed by atoms with Crippen LogP contribution in [0.2, 0.25) is 0 Å². The molecule has 0 bridgehead atoms. The highest BCUT2D eigenvalue weighted by Gasteiger charge is 2.17. The molecule has 1 atom stereocenters. The van der Waals surface area contributed by atoms with Crippen LogP contribution in [-0.4, -0.2) is 7.05 Å². The van der Waals surface area contributed by atoms with Gasteiger partial charge in [-0.3, -0.25) is 0 Å². The maximum absolute atomic E-state index is 3.64. The van der Waals surface area contributed by atoms with Crippen molar-refractivity contribution >= 4 is 49.9 Å². The highest BCUT2D eigenvalue weighted by Crippen LogP contribution is 2.32. The minimum Gasteiger partial charge on any atom is -0.309 e. The minimum atomic E-state index is 0.255. The first-order valence-corrected chi connectivity index (χ1v) is 8.05. The van der Waals surface area contributed by atoms with Gasteiger partial charge in [0.1, 0.15) is 0 Å². The normalized spacial score (nSPS) is 12.7. The molecule has 90 valence electrons. The molecular formula is C13H13BrINS. The second kappa shape index (κ2) is 5.82.